The van der Waals surface area contributed by atoms with Crippen LogP contribution < -0.4 is 5.32 Å². The summed E-state index contributed by atoms with van der Waals surface area (Å²) < 4.78 is 0. The molecule has 5 rings (SSSR count). The van der Waals surface area contributed by atoms with Crippen LogP contribution in [-0.4, -0.2) is 63.7 Å². The van der Waals surface area contributed by atoms with Gasteiger partial charge in [-0.15, -0.1) is 11.3 Å². The molecule has 2 aromatic heterocycles. The van der Waals surface area contributed by atoms with E-state index in [4.69, 9.17) is 0 Å². The molecule has 2 aromatic rings. The first-order chi connectivity index (χ1) is 15.9. The van der Waals surface area contributed by atoms with Gasteiger partial charge in [0.1, 0.15) is 5.82 Å². The van der Waals surface area contributed by atoms with Crippen molar-refractivity contribution in [3.05, 3.63) is 51.6 Å². The fourth-order valence-corrected chi connectivity index (χ4v) is 5.16. The second kappa shape index (κ2) is 8.55. The summed E-state index contributed by atoms with van der Waals surface area (Å²) in [6.07, 6.45) is 9.41. The molecule has 2 saturated heterocycles. The van der Waals surface area contributed by atoms with Gasteiger partial charge in [-0.05, 0) is 48.6 Å². The number of nitrogens with one attached hydrogen (secondary N) is 1. The van der Waals surface area contributed by atoms with Crippen LogP contribution in [0.4, 0.5) is 5.82 Å². The Morgan fingerprint density at radius 2 is 1.97 bits per heavy atom. The van der Waals surface area contributed by atoms with Gasteiger partial charge in [-0.1, -0.05) is 5.57 Å². The fourth-order valence-electron chi connectivity index (χ4n) is 4.65. The topological polar surface area (TPSA) is 95.5 Å². The minimum atomic E-state index is -0.573. The summed E-state index contributed by atoms with van der Waals surface area (Å²) in [6.45, 7) is 3.77. The number of likely N-dealkylation sites (tertiary alicyclic amines) is 2. The molecule has 1 spiro atoms. The maximum absolute atomic E-state index is 12.7. The van der Waals surface area contributed by atoms with Gasteiger partial charge >= 0.3 is 0 Å². The lowest BCUT2D eigenvalue weighted by molar-refractivity contribution is -0.149. The van der Waals surface area contributed by atoms with Gasteiger partial charge in [0, 0.05) is 50.8 Å². The summed E-state index contributed by atoms with van der Waals surface area (Å²) in [5.41, 5.74) is 5.31. The fraction of sp³-hybridized carbons (Fsp3) is 0.375. The van der Waals surface area contributed by atoms with E-state index in [2.05, 4.69) is 21.4 Å². The molecule has 0 aliphatic carbocycles. The predicted octanol–water partition coefficient (Wildman–Crippen LogP) is 2.60. The van der Waals surface area contributed by atoms with Gasteiger partial charge in [0.2, 0.25) is 17.7 Å². The summed E-state index contributed by atoms with van der Waals surface area (Å²) in [6, 6.07) is 1.97. The van der Waals surface area contributed by atoms with Crippen LogP contribution in [0.2, 0.25) is 0 Å². The van der Waals surface area contributed by atoms with Crippen molar-refractivity contribution in [2.75, 3.05) is 31.5 Å². The molecular weight excluding hydrogens is 438 g/mol. The highest BCUT2D eigenvalue weighted by Gasteiger charge is 2.52. The van der Waals surface area contributed by atoms with Gasteiger partial charge in [0.25, 0.3) is 0 Å². The highest BCUT2D eigenvalue weighted by molar-refractivity contribution is 7.07. The van der Waals surface area contributed by atoms with Crippen LogP contribution in [0.1, 0.15) is 36.6 Å². The average molecular weight is 464 g/mol. The number of amides is 3. The molecule has 170 valence electrons. The van der Waals surface area contributed by atoms with Crippen molar-refractivity contribution in [2.45, 2.75) is 26.2 Å². The molecule has 0 atom stereocenters. The number of carbonyl (C=O) groups is 3. The lowest BCUT2D eigenvalue weighted by Gasteiger charge is -2.50. The third-order valence-electron chi connectivity index (χ3n) is 6.60. The second-order valence-corrected chi connectivity index (χ2v) is 9.66. The van der Waals surface area contributed by atoms with Gasteiger partial charge in [0.05, 0.1) is 16.6 Å². The average Bonchev–Trinajstić information content (AvgIpc) is 3.29. The molecule has 3 aliphatic heterocycles. The smallest absolute Gasteiger partial charge is 0.246 e. The van der Waals surface area contributed by atoms with Crippen molar-refractivity contribution < 1.29 is 14.4 Å². The van der Waals surface area contributed by atoms with E-state index in [1.165, 1.54) is 12.5 Å². The monoisotopic (exact) mass is 463 g/mol. The van der Waals surface area contributed by atoms with Crippen LogP contribution in [0, 0.1) is 5.41 Å². The Bertz CT molecular complexity index is 1150. The Morgan fingerprint density at radius 3 is 2.67 bits per heavy atom. The Balaban J connectivity index is 1.21. The molecule has 0 radical (unpaired) electrons. The van der Waals surface area contributed by atoms with E-state index in [0.29, 0.717) is 38.4 Å². The van der Waals surface area contributed by atoms with E-state index in [-0.39, 0.29) is 17.7 Å². The van der Waals surface area contributed by atoms with E-state index >= 15 is 0 Å². The molecule has 0 aromatic carbocycles. The molecule has 3 amide bonds. The summed E-state index contributed by atoms with van der Waals surface area (Å²) in [5, 5.41) is 4.90. The molecule has 0 saturated carbocycles. The Labute approximate surface area is 196 Å². The number of hydrogen-bond acceptors (Lipinski definition) is 6. The third-order valence-corrected chi connectivity index (χ3v) is 7.21. The van der Waals surface area contributed by atoms with Crippen molar-refractivity contribution in [3.8, 4) is 0 Å². The van der Waals surface area contributed by atoms with Crippen molar-refractivity contribution in [1.82, 2.24) is 19.8 Å². The highest BCUT2D eigenvalue weighted by atomic mass is 32.1. The van der Waals surface area contributed by atoms with Crippen LogP contribution in [-0.2, 0) is 20.8 Å². The Hall–Kier alpha value is -3.33. The molecule has 0 bridgehead atoms. The zero-order chi connectivity index (χ0) is 23.0. The molecular formula is C24H25N5O3S. The van der Waals surface area contributed by atoms with Gasteiger partial charge in [-0.3, -0.25) is 14.4 Å². The first-order valence-electron chi connectivity index (χ1n) is 11.0. The maximum Gasteiger partial charge on any atom is 0.246 e. The number of nitrogens with zero attached hydrogens (tertiary/aromatic N) is 4. The summed E-state index contributed by atoms with van der Waals surface area (Å²) in [7, 11) is 0. The summed E-state index contributed by atoms with van der Waals surface area (Å²) >= 11 is 1.58. The standard InChI is InChI=1S/C24H25N5O3S/c1-16(30)29-13-24(14-29)10-19-8-18(11-25-22(19)27-23(24)32)2-3-21(31)28-6-4-17(5-7-28)9-20-12-33-15-26-20/h2-3,8-9,11-12,15H,4-7,10,13-14H2,1H3,(H,25,27,32)/b3-2+. The normalized spacial score (nSPS) is 19.3. The SMILES string of the molecule is CC(=O)N1CC2(Cc3cc(/C=C/C(=O)N4CCC(=Cc5cscn5)CC4)cnc3NC2=O)C1. The van der Waals surface area contributed by atoms with E-state index in [0.717, 1.165) is 29.7 Å². The van der Waals surface area contributed by atoms with E-state index in [9.17, 15) is 14.4 Å². The molecule has 8 nitrogen and oxygen atoms in total. The number of anilines is 1. The lowest BCUT2D eigenvalue weighted by Crippen LogP contribution is -2.65. The summed E-state index contributed by atoms with van der Waals surface area (Å²) in [5.74, 6) is 0.454. The molecule has 2 fully saturated rings. The summed E-state index contributed by atoms with van der Waals surface area (Å²) in [4.78, 5) is 49.0. The number of fused-ring (bicyclic) bond motifs is 1. The Kier molecular flexibility index (Phi) is 5.57. The van der Waals surface area contributed by atoms with Crippen LogP contribution in [0.3, 0.4) is 0 Å². The molecule has 0 unspecified atom stereocenters. The number of carbonyl (C=O) groups excluding carboxylic acids is 3. The Morgan fingerprint density at radius 1 is 1.18 bits per heavy atom. The van der Waals surface area contributed by atoms with E-state index in [1.807, 2.05) is 21.9 Å². The van der Waals surface area contributed by atoms with Crippen molar-refractivity contribution in [2.24, 2.45) is 5.41 Å². The molecule has 3 aliphatic rings. The van der Waals surface area contributed by atoms with Crippen molar-refractivity contribution in [1.29, 1.82) is 0 Å². The minimum Gasteiger partial charge on any atom is -0.341 e. The first-order valence-corrected chi connectivity index (χ1v) is 12.0. The van der Waals surface area contributed by atoms with Crippen LogP contribution in [0.5, 0.6) is 0 Å². The largest absolute Gasteiger partial charge is 0.341 e. The van der Waals surface area contributed by atoms with Crippen molar-refractivity contribution >= 4 is 47.0 Å². The quantitative estimate of drug-likeness (QED) is 0.706. The minimum absolute atomic E-state index is 0.0127. The number of piperidine rings is 1. The van der Waals surface area contributed by atoms with Crippen LogP contribution >= 0.6 is 11.3 Å². The van der Waals surface area contributed by atoms with Gasteiger partial charge in [-0.2, -0.15) is 0 Å². The molecule has 33 heavy (non-hydrogen) atoms. The van der Waals surface area contributed by atoms with Gasteiger partial charge < -0.3 is 15.1 Å². The number of thiazole rings is 1. The van der Waals surface area contributed by atoms with Crippen LogP contribution in [0.15, 0.2) is 34.8 Å². The zero-order valence-electron chi connectivity index (χ0n) is 18.4. The van der Waals surface area contributed by atoms with Gasteiger partial charge in [-0.25, -0.2) is 9.97 Å². The van der Waals surface area contributed by atoms with Crippen LogP contribution in [0.25, 0.3) is 12.2 Å². The van der Waals surface area contributed by atoms with E-state index in [1.54, 1.807) is 34.6 Å². The molecule has 1 N–H and O–H groups in total. The number of pyridine rings is 1. The van der Waals surface area contributed by atoms with Gasteiger partial charge in [0.15, 0.2) is 0 Å². The first kappa shape index (κ1) is 21.5. The number of rotatable bonds is 3. The predicted molar refractivity (Wildman–Crippen MR) is 126 cm³/mol. The third kappa shape index (κ3) is 4.32. The lowest BCUT2D eigenvalue weighted by atomic mass is 9.72. The number of hydrogen-bond donors (Lipinski definition) is 1. The highest BCUT2D eigenvalue weighted by Crippen LogP contribution is 2.40. The molecule has 5 heterocycles. The second-order valence-electron chi connectivity index (χ2n) is 8.94. The zero-order valence-corrected chi connectivity index (χ0v) is 19.2. The van der Waals surface area contributed by atoms with E-state index < -0.39 is 5.41 Å². The number of aromatic nitrogens is 2. The maximum atomic E-state index is 12.7. The molecule has 9 heteroatoms. The van der Waals surface area contributed by atoms with Crippen molar-refractivity contribution in [3.63, 3.8) is 0 Å².